The van der Waals surface area contributed by atoms with E-state index in [9.17, 15) is 19.2 Å². The molecule has 1 fully saturated rings. The highest BCUT2D eigenvalue weighted by atomic mass is 16.6. The van der Waals surface area contributed by atoms with E-state index in [4.69, 9.17) is 18.9 Å². The molecule has 2 amide bonds. The molecule has 1 aliphatic carbocycles. The van der Waals surface area contributed by atoms with Crippen LogP contribution in [0.3, 0.4) is 0 Å². The van der Waals surface area contributed by atoms with Gasteiger partial charge in [0, 0.05) is 25.6 Å². The molecule has 2 N–H and O–H groups in total. The van der Waals surface area contributed by atoms with Crippen molar-refractivity contribution in [1.82, 2.24) is 10.6 Å². The van der Waals surface area contributed by atoms with Crippen LogP contribution in [-0.2, 0) is 28.5 Å². The Hall–Kier alpha value is -2.78. The average molecular weight is 471 g/mol. The van der Waals surface area contributed by atoms with Crippen LogP contribution in [-0.4, -0.2) is 62.1 Å². The first-order valence-corrected chi connectivity index (χ1v) is 11.1. The van der Waals surface area contributed by atoms with Crippen molar-refractivity contribution in [3.05, 3.63) is 12.7 Å². The Kier molecular flexibility index (Phi) is 10.7. The van der Waals surface area contributed by atoms with E-state index in [0.717, 1.165) is 18.9 Å². The van der Waals surface area contributed by atoms with E-state index in [0.29, 0.717) is 13.0 Å². The van der Waals surface area contributed by atoms with Crippen LogP contribution in [0, 0.1) is 10.8 Å². The van der Waals surface area contributed by atoms with Crippen LogP contribution in [0.2, 0.25) is 0 Å². The zero-order valence-electron chi connectivity index (χ0n) is 20.5. The van der Waals surface area contributed by atoms with Crippen LogP contribution in [0.5, 0.6) is 0 Å². The molecule has 0 heterocycles. The second-order valence-corrected chi connectivity index (χ2v) is 9.82. The maximum atomic E-state index is 12.3. The number of nitrogens with one attached hydrogen (secondary N) is 2. The molecule has 0 aliphatic heterocycles. The van der Waals surface area contributed by atoms with Crippen LogP contribution in [0.25, 0.3) is 0 Å². The number of esters is 2. The Morgan fingerprint density at radius 1 is 1.00 bits per heavy atom. The lowest BCUT2D eigenvalue weighted by molar-refractivity contribution is -0.143. The molecular weight excluding hydrogens is 432 g/mol. The van der Waals surface area contributed by atoms with Crippen LogP contribution in [0.1, 0.15) is 60.8 Å². The molecule has 4 unspecified atom stereocenters. The molecule has 0 bridgehead atoms. The number of carbonyl (C=O) groups is 4. The molecule has 1 aliphatic rings. The standard InChI is InChI=1S/C23H38N2O8/c1-8-19(27)31-12-16(3)32-20(28)24-14-23(7)10-18(9-22(5,6)13-23)25-21(29)33-15(2)11-30-17(4)26/h8,15-16,18H,1,9-14H2,2-7H3,(H,24,28)(H,25,29). The summed E-state index contributed by atoms with van der Waals surface area (Å²) in [5.74, 6) is -1.02. The number of ether oxygens (including phenoxy) is 4. The van der Waals surface area contributed by atoms with Gasteiger partial charge < -0.3 is 29.6 Å². The molecular formula is C23H38N2O8. The Labute approximate surface area is 195 Å². The normalized spacial score (nSPS) is 23.3. The van der Waals surface area contributed by atoms with E-state index in [1.165, 1.54) is 6.92 Å². The van der Waals surface area contributed by atoms with Crippen molar-refractivity contribution in [2.24, 2.45) is 10.8 Å². The van der Waals surface area contributed by atoms with Gasteiger partial charge in [-0.3, -0.25) is 4.79 Å². The third-order valence-electron chi connectivity index (χ3n) is 5.19. The van der Waals surface area contributed by atoms with Gasteiger partial charge >= 0.3 is 24.1 Å². The van der Waals surface area contributed by atoms with E-state index >= 15 is 0 Å². The second kappa shape index (κ2) is 12.5. The maximum Gasteiger partial charge on any atom is 0.407 e. The van der Waals surface area contributed by atoms with Crippen molar-refractivity contribution in [2.45, 2.75) is 79.1 Å². The summed E-state index contributed by atoms with van der Waals surface area (Å²) in [6, 6.07) is -0.151. The van der Waals surface area contributed by atoms with Gasteiger partial charge in [0.2, 0.25) is 0 Å². The number of rotatable bonds is 10. The van der Waals surface area contributed by atoms with Gasteiger partial charge in [-0.15, -0.1) is 0 Å². The molecule has 1 saturated carbocycles. The van der Waals surface area contributed by atoms with Crippen molar-refractivity contribution in [1.29, 1.82) is 0 Å². The van der Waals surface area contributed by atoms with E-state index in [1.807, 2.05) is 6.92 Å². The summed E-state index contributed by atoms with van der Waals surface area (Å²) in [5, 5.41) is 5.68. The fraction of sp³-hybridized carbons (Fsp3) is 0.739. The van der Waals surface area contributed by atoms with Gasteiger partial charge in [0.05, 0.1) is 0 Å². The summed E-state index contributed by atoms with van der Waals surface area (Å²) >= 11 is 0. The Morgan fingerprint density at radius 2 is 1.58 bits per heavy atom. The van der Waals surface area contributed by atoms with Crippen molar-refractivity contribution < 1.29 is 38.1 Å². The van der Waals surface area contributed by atoms with Crippen LogP contribution >= 0.6 is 0 Å². The zero-order chi connectivity index (χ0) is 25.2. The summed E-state index contributed by atoms with van der Waals surface area (Å²) in [6.45, 7) is 14.4. The van der Waals surface area contributed by atoms with Gasteiger partial charge in [-0.1, -0.05) is 27.4 Å². The van der Waals surface area contributed by atoms with Crippen molar-refractivity contribution in [3.63, 3.8) is 0 Å². The predicted molar refractivity (Wildman–Crippen MR) is 120 cm³/mol. The predicted octanol–water partition coefficient (Wildman–Crippen LogP) is 3.09. The number of hydrogen-bond donors (Lipinski definition) is 2. The summed E-state index contributed by atoms with van der Waals surface area (Å²) in [7, 11) is 0. The smallest absolute Gasteiger partial charge is 0.407 e. The molecule has 188 valence electrons. The quantitative estimate of drug-likeness (QED) is 0.283. The van der Waals surface area contributed by atoms with Gasteiger partial charge in [-0.25, -0.2) is 14.4 Å². The van der Waals surface area contributed by atoms with E-state index in [-0.39, 0.29) is 30.1 Å². The van der Waals surface area contributed by atoms with Crippen LogP contribution in [0.4, 0.5) is 9.59 Å². The fourth-order valence-corrected chi connectivity index (χ4v) is 4.32. The fourth-order valence-electron chi connectivity index (χ4n) is 4.32. The first kappa shape index (κ1) is 28.3. The van der Waals surface area contributed by atoms with Gasteiger partial charge in [0.25, 0.3) is 0 Å². The molecule has 10 nitrogen and oxygen atoms in total. The lowest BCUT2D eigenvalue weighted by Gasteiger charge is -2.46. The van der Waals surface area contributed by atoms with Crippen molar-refractivity contribution >= 4 is 24.1 Å². The second-order valence-electron chi connectivity index (χ2n) is 9.82. The lowest BCUT2D eigenvalue weighted by atomic mass is 9.62. The highest BCUT2D eigenvalue weighted by molar-refractivity contribution is 5.81. The van der Waals surface area contributed by atoms with Crippen LogP contribution < -0.4 is 10.6 Å². The molecule has 0 aromatic carbocycles. The number of carbonyl (C=O) groups excluding carboxylic acids is 4. The number of hydrogen-bond acceptors (Lipinski definition) is 8. The first-order chi connectivity index (χ1) is 15.2. The number of amides is 2. The van der Waals surface area contributed by atoms with E-state index in [2.05, 4.69) is 31.1 Å². The minimum Gasteiger partial charge on any atom is -0.462 e. The van der Waals surface area contributed by atoms with E-state index < -0.39 is 36.3 Å². The molecule has 10 heteroatoms. The Morgan fingerprint density at radius 3 is 2.15 bits per heavy atom. The number of alkyl carbamates (subject to hydrolysis) is 2. The minimum atomic E-state index is -0.609. The third kappa shape index (κ3) is 11.6. The average Bonchev–Trinajstić information content (AvgIpc) is 2.67. The van der Waals surface area contributed by atoms with Crippen molar-refractivity contribution in [2.75, 3.05) is 19.8 Å². The monoisotopic (exact) mass is 470 g/mol. The van der Waals surface area contributed by atoms with Gasteiger partial charge in [-0.2, -0.15) is 0 Å². The first-order valence-electron chi connectivity index (χ1n) is 11.1. The summed E-state index contributed by atoms with van der Waals surface area (Å²) in [5.41, 5.74) is -0.368. The summed E-state index contributed by atoms with van der Waals surface area (Å²) in [4.78, 5) is 46.5. The SMILES string of the molecule is C=CC(=O)OCC(C)OC(=O)NCC1(C)CC(NC(=O)OC(C)COC(C)=O)CC(C)(C)C1. The van der Waals surface area contributed by atoms with Gasteiger partial charge in [0.1, 0.15) is 25.4 Å². The van der Waals surface area contributed by atoms with Gasteiger partial charge in [-0.05, 0) is 43.9 Å². The molecule has 4 atom stereocenters. The molecule has 0 spiro atoms. The summed E-state index contributed by atoms with van der Waals surface area (Å²) in [6.07, 6.45) is 0.911. The topological polar surface area (TPSA) is 129 Å². The largest absolute Gasteiger partial charge is 0.462 e. The van der Waals surface area contributed by atoms with Crippen molar-refractivity contribution in [3.8, 4) is 0 Å². The minimum absolute atomic E-state index is 0.00608. The maximum absolute atomic E-state index is 12.3. The third-order valence-corrected chi connectivity index (χ3v) is 5.19. The lowest BCUT2D eigenvalue weighted by Crippen LogP contribution is -2.51. The highest BCUT2D eigenvalue weighted by Gasteiger charge is 2.42. The molecule has 0 saturated heterocycles. The molecule has 33 heavy (non-hydrogen) atoms. The van der Waals surface area contributed by atoms with Crippen LogP contribution in [0.15, 0.2) is 12.7 Å². The Balaban J connectivity index is 2.57. The summed E-state index contributed by atoms with van der Waals surface area (Å²) < 4.78 is 20.2. The zero-order valence-corrected chi connectivity index (χ0v) is 20.5. The van der Waals surface area contributed by atoms with E-state index in [1.54, 1.807) is 13.8 Å². The molecule has 0 aromatic rings. The molecule has 0 radical (unpaired) electrons. The molecule has 1 rings (SSSR count). The Bertz CT molecular complexity index is 723. The molecule has 0 aromatic heterocycles. The van der Waals surface area contributed by atoms with Gasteiger partial charge in [0.15, 0.2) is 0 Å². The highest BCUT2D eigenvalue weighted by Crippen LogP contribution is 2.45.